The smallest absolute Gasteiger partial charge is 0.282 e. The summed E-state index contributed by atoms with van der Waals surface area (Å²) in [7, 11) is 0. The number of hydrogen-bond donors (Lipinski definition) is 2. The van der Waals surface area contributed by atoms with Gasteiger partial charge in [0.05, 0.1) is 4.92 Å². The minimum absolute atomic E-state index is 0.0275. The van der Waals surface area contributed by atoms with Crippen molar-refractivity contribution in [3.05, 3.63) is 38.9 Å². The highest BCUT2D eigenvalue weighted by Crippen LogP contribution is 2.24. The molecule has 1 saturated carbocycles. The van der Waals surface area contributed by atoms with Crippen LogP contribution in [0.2, 0.25) is 5.02 Å². The van der Waals surface area contributed by atoms with Crippen LogP contribution in [0.25, 0.3) is 0 Å². The Morgan fingerprint density at radius 1 is 1.40 bits per heavy atom. The summed E-state index contributed by atoms with van der Waals surface area (Å²) < 4.78 is 0. The molecule has 7 heteroatoms. The monoisotopic (exact) mass is 297 g/mol. The van der Waals surface area contributed by atoms with Gasteiger partial charge in [0, 0.05) is 23.2 Å². The van der Waals surface area contributed by atoms with Crippen molar-refractivity contribution in [1.29, 1.82) is 0 Å². The predicted octanol–water partition coefficient (Wildman–Crippen LogP) is 2.25. The van der Waals surface area contributed by atoms with Crippen LogP contribution in [0.15, 0.2) is 18.2 Å². The SMILES string of the molecule is N[C@@H]1CCCC[C@H]1NC(=O)c1cc(Cl)ccc1[N+](=O)[O-]. The topological polar surface area (TPSA) is 98.3 Å². The predicted molar refractivity (Wildman–Crippen MR) is 75.8 cm³/mol. The molecule has 1 fully saturated rings. The van der Waals surface area contributed by atoms with Crippen LogP contribution >= 0.6 is 11.6 Å². The number of carbonyl (C=O) groups excluding carboxylic acids is 1. The summed E-state index contributed by atoms with van der Waals surface area (Å²) in [6.07, 6.45) is 3.69. The third-order valence-corrected chi connectivity index (χ3v) is 3.77. The number of amides is 1. The number of nitro groups is 1. The number of nitrogens with one attached hydrogen (secondary N) is 1. The van der Waals surface area contributed by atoms with E-state index in [9.17, 15) is 14.9 Å². The minimum atomic E-state index is -0.591. The van der Waals surface area contributed by atoms with E-state index in [0.29, 0.717) is 0 Å². The van der Waals surface area contributed by atoms with Gasteiger partial charge in [-0.15, -0.1) is 0 Å². The number of benzene rings is 1. The molecule has 0 spiro atoms. The second kappa shape index (κ2) is 6.19. The van der Waals surface area contributed by atoms with E-state index >= 15 is 0 Å². The molecule has 20 heavy (non-hydrogen) atoms. The number of rotatable bonds is 3. The van der Waals surface area contributed by atoms with E-state index in [1.54, 1.807) is 0 Å². The summed E-state index contributed by atoms with van der Waals surface area (Å²) in [6.45, 7) is 0. The van der Waals surface area contributed by atoms with Gasteiger partial charge in [0.15, 0.2) is 0 Å². The zero-order chi connectivity index (χ0) is 14.7. The maximum absolute atomic E-state index is 12.2. The van der Waals surface area contributed by atoms with Gasteiger partial charge in [-0.3, -0.25) is 14.9 Å². The Kier molecular flexibility index (Phi) is 4.57. The molecule has 108 valence electrons. The van der Waals surface area contributed by atoms with Gasteiger partial charge < -0.3 is 11.1 Å². The van der Waals surface area contributed by atoms with Crippen LogP contribution in [0, 0.1) is 10.1 Å². The lowest BCUT2D eigenvalue weighted by Gasteiger charge is -2.29. The minimum Gasteiger partial charge on any atom is -0.348 e. The number of halogens is 1. The molecule has 0 radical (unpaired) electrons. The molecule has 0 saturated heterocycles. The van der Waals surface area contributed by atoms with Gasteiger partial charge in [-0.25, -0.2) is 0 Å². The largest absolute Gasteiger partial charge is 0.348 e. The maximum Gasteiger partial charge on any atom is 0.282 e. The summed E-state index contributed by atoms with van der Waals surface area (Å²) in [5, 5.41) is 14.0. The third-order valence-electron chi connectivity index (χ3n) is 3.54. The van der Waals surface area contributed by atoms with Crippen molar-refractivity contribution in [2.75, 3.05) is 0 Å². The molecule has 3 N–H and O–H groups in total. The van der Waals surface area contributed by atoms with Crippen molar-refractivity contribution in [1.82, 2.24) is 5.32 Å². The third kappa shape index (κ3) is 3.26. The summed E-state index contributed by atoms with van der Waals surface area (Å²) in [5.74, 6) is -0.499. The number of carbonyl (C=O) groups is 1. The molecule has 6 nitrogen and oxygen atoms in total. The van der Waals surface area contributed by atoms with E-state index in [4.69, 9.17) is 17.3 Å². The molecule has 0 aromatic heterocycles. The molecule has 1 aliphatic carbocycles. The average molecular weight is 298 g/mol. The maximum atomic E-state index is 12.2. The zero-order valence-electron chi connectivity index (χ0n) is 10.8. The normalized spacial score (nSPS) is 22.3. The van der Waals surface area contributed by atoms with Crippen molar-refractivity contribution in [3.8, 4) is 0 Å². The Bertz CT molecular complexity index is 536. The highest BCUT2D eigenvalue weighted by atomic mass is 35.5. The van der Waals surface area contributed by atoms with Gasteiger partial charge >= 0.3 is 0 Å². The molecule has 1 aromatic rings. The summed E-state index contributed by atoms with van der Waals surface area (Å²) in [4.78, 5) is 22.6. The first-order chi connectivity index (χ1) is 9.49. The second-order valence-corrected chi connectivity index (χ2v) is 5.38. The van der Waals surface area contributed by atoms with E-state index in [-0.39, 0.29) is 28.4 Å². The quantitative estimate of drug-likeness (QED) is 0.660. The lowest BCUT2D eigenvalue weighted by Crippen LogP contribution is -2.49. The molecule has 1 amide bonds. The van der Waals surface area contributed by atoms with Crippen molar-refractivity contribution in [2.24, 2.45) is 5.73 Å². The second-order valence-electron chi connectivity index (χ2n) is 4.95. The fourth-order valence-corrected chi connectivity index (χ4v) is 2.61. The van der Waals surface area contributed by atoms with Crippen molar-refractivity contribution in [3.63, 3.8) is 0 Å². The number of nitrogens with two attached hydrogens (primary N) is 1. The van der Waals surface area contributed by atoms with E-state index in [2.05, 4.69) is 5.32 Å². The van der Waals surface area contributed by atoms with Gasteiger partial charge in [-0.2, -0.15) is 0 Å². The van der Waals surface area contributed by atoms with Crippen LogP contribution in [-0.2, 0) is 0 Å². The number of nitro benzene ring substituents is 1. The average Bonchev–Trinajstić information content (AvgIpc) is 2.40. The van der Waals surface area contributed by atoms with Crippen LogP contribution in [0.1, 0.15) is 36.0 Å². The molecule has 2 rings (SSSR count). The van der Waals surface area contributed by atoms with E-state index in [0.717, 1.165) is 25.7 Å². The van der Waals surface area contributed by atoms with Crippen LogP contribution in [0.3, 0.4) is 0 Å². The van der Waals surface area contributed by atoms with Gasteiger partial charge in [0.2, 0.25) is 0 Å². The molecule has 2 atom stereocenters. The van der Waals surface area contributed by atoms with Crippen LogP contribution in [-0.4, -0.2) is 22.9 Å². The van der Waals surface area contributed by atoms with Crippen LogP contribution in [0.4, 0.5) is 5.69 Å². The molecular weight excluding hydrogens is 282 g/mol. The van der Waals surface area contributed by atoms with E-state index in [1.165, 1.54) is 18.2 Å². The Morgan fingerprint density at radius 2 is 2.10 bits per heavy atom. The standard InChI is InChI=1S/C13H16ClN3O3/c14-8-5-6-12(17(19)20)9(7-8)13(18)16-11-4-2-1-3-10(11)15/h5-7,10-11H,1-4,15H2,(H,16,18)/t10-,11-/m1/s1. The fraction of sp³-hybridized carbons (Fsp3) is 0.462. The van der Waals surface area contributed by atoms with Gasteiger partial charge in [-0.1, -0.05) is 24.4 Å². The fourth-order valence-electron chi connectivity index (χ4n) is 2.43. The summed E-state index contributed by atoms with van der Waals surface area (Å²) >= 11 is 5.81. The Balaban J connectivity index is 2.20. The zero-order valence-corrected chi connectivity index (χ0v) is 11.6. The lowest BCUT2D eigenvalue weighted by atomic mass is 9.91. The first kappa shape index (κ1) is 14.7. The molecule has 0 heterocycles. The van der Waals surface area contributed by atoms with Gasteiger partial charge in [0.25, 0.3) is 11.6 Å². The van der Waals surface area contributed by atoms with Crippen molar-refractivity contribution < 1.29 is 9.72 Å². The number of hydrogen-bond acceptors (Lipinski definition) is 4. The molecule has 0 bridgehead atoms. The summed E-state index contributed by atoms with van der Waals surface area (Å²) in [5.41, 5.74) is 5.68. The Morgan fingerprint density at radius 3 is 2.75 bits per heavy atom. The van der Waals surface area contributed by atoms with Gasteiger partial charge in [-0.05, 0) is 25.0 Å². The first-order valence-electron chi connectivity index (χ1n) is 6.49. The molecule has 0 unspecified atom stereocenters. The van der Waals surface area contributed by atoms with E-state index < -0.39 is 10.8 Å². The Labute approximate surface area is 121 Å². The number of nitrogens with zero attached hydrogens (tertiary/aromatic N) is 1. The molecule has 0 aliphatic heterocycles. The first-order valence-corrected chi connectivity index (χ1v) is 6.87. The van der Waals surface area contributed by atoms with Crippen LogP contribution < -0.4 is 11.1 Å². The van der Waals surface area contributed by atoms with Crippen molar-refractivity contribution in [2.45, 2.75) is 37.8 Å². The van der Waals surface area contributed by atoms with Crippen molar-refractivity contribution >= 4 is 23.2 Å². The Hall–Kier alpha value is -1.66. The molecule has 1 aromatic carbocycles. The van der Waals surface area contributed by atoms with Crippen LogP contribution in [0.5, 0.6) is 0 Å². The van der Waals surface area contributed by atoms with E-state index in [1.807, 2.05) is 0 Å². The molecular formula is C13H16ClN3O3. The van der Waals surface area contributed by atoms with Gasteiger partial charge in [0.1, 0.15) is 5.56 Å². The molecule has 1 aliphatic rings. The lowest BCUT2D eigenvalue weighted by molar-refractivity contribution is -0.385. The highest BCUT2D eigenvalue weighted by Gasteiger charge is 2.27. The highest BCUT2D eigenvalue weighted by molar-refractivity contribution is 6.31. The summed E-state index contributed by atoms with van der Waals surface area (Å²) in [6, 6.07) is 3.69.